The highest BCUT2D eigenvalue weighted by Crippen LogP contribution is 2.33. The van der Waals surface area contributed by atoms with Crippen molar-refractivity contribution in [3.8, 4) is 11.3 Å². The van der Waals surface area contributed by atoms with E-state index in [4.69, 9.17) is 36.2 Å². The molecule has 0 amide bonds. The van der Waals surface area contributed by atoms with E-state index in [2.05, 4.69) is 31.2 Å². The number of benzene rings is 1. The predicted octanol–water partition coefficient (Wildman–Crippen LogP) is 6.20. The number of carbonyl (C=O) groups is 1. The Labute approximate surface area is 246 Å². The molecule has 0 atom stereocenters. The van der Waals surface area contributed by atoms with Gasteiger partial charge in [-0.2, -0.15) is 0 Å². The Morgan fingerprint density at radius 2 is 2.00 bits per heavy atom. The lowest BCUT2D eigenvalue weighted by molar-refractivity contribution is 0.0378. The fourth-order valence-electron chi connectivity index (χ4n) is 4.24. The molecule has 0 aliphatic carbocycles. The number of fused-ring (bicyclic) bond motifs is 1. The normalized spacial score (nSPS) is 12.9. The topological polar surface area (TPSA) is 114 Å². The Balaban J connectivity index is -0.000000459. The summed E-state index contributed by atoms with van der Waals surface area (Å²) in [5, 5.41) is 4.18. The second-order valence-corrected chi connectivity index (χ2v) is 10.0. The van der Waals surface area contributed by atoms with Gasteiger partial charge in [0.05, 0.1) is 23.2 Å². The summed E-state index contributed by atoms with van der Waals surface area (Å²) in [7, 11) is 8.04. The second-order valence-electron chi connectivity index (χ2n) is 10.0. The van der Waals surface area contributed by atoms with E-state index in [9.17, 15) is 4.79 Å². The molecule has 10 nitrogen and oxygen atoms in total. The summed E-state index contributed by atoms with van der Waals surface area (Å²) in [5.41, 5.74) is 12.2. The van der Waals surface area contributed by atoms with E-state index in [1.165, 1.54) is 6.20 Å². The number of nitrogens with zero attached hydrogens (tertiary/aromatic N) is 6. The van der Waals surface area contributed by atoms with Crippen LogP contribution in [0.1, 0.15) is 52.0 Å². The number of nitrogen functional groups attached to an aromatic ring is 1. The highest BCUT2D eigenvalue weighted by Gasteiger charge is 2.22. The van der Waals surface area contributed by atoms with Gasteiger partial charge in [0.25, 0.3) is 0 Å². The van der Waals surface area contributed by atoms with Gasteiger partial charge in [-0.05, 0) is 64.7 Å². The number of nitrogens with two attached hydrogens (primary N) is 1. The number of aryl methyl sites for hydroxylation is 2. The molecule has 4 rings (SSSR count). The third kappa shape index (κ3) is 5.70. The monoisotopic (exact) mass is 563 g/mol. The summed E-state index contributed by atoms with van der Waals surface area (Å²) in [6.45, 7) is 7.40. The van der Waals surface area contributed by atoms with E-state index >= 15 is 0 Å². The van der Waals surface area contributed by atoms with Crippen LogP contribution in [0.2, 0.25) is 0 Å². The number of pyridine rings is 1. The molecule has 3 N–H and O–H groups in total. The third-order valence-corrected chi connectivity index (χ3v) is 6.25. The summed E-state index contributed by atoms with van der Waals surface area (Å²) in [5.74, 6) is -0.133. The summed E-state index contributed by atoms with van der Waals surface area (Å²) in [6, 6.07) is 7.77. The molecule has 0 radical (unpaired) electrons. The smallest absolute Gasteiger partial charge is 0.342 e. The second kappa shape index (κ2) is 11.1. The Morgan fingerprint density at radius 1 is 1.24 bits per heavy atom. The van der Waals surface area contributed by atoms with Crippen molar-refractivity contribution < 1.29 is 31.7 Å². The molecule has 0 saturated carbocycles. The molecule has 4 aromatic rings. The Morgan fingerprint density at radius 3 is 2.71 bits per heavy atom. The number of carbonyl (C=O) groups excluding carboxylic acids is 1. The van der Waals surface area contributed by atoms with Crippen LogP contribution < -0.4 is 16.0 Å². The summed E-state index contributed by atoms with van der Waals surface area (Å²) in [6.07, 6.45) is 4.88. The average Bonchev–Trinajstić information content (AvgIpc) is 3.53. The first-order valence-electron chi connectivity index (χ1n) is 19.6. The van der Waals surface area contributed by atoms with E-state index < -0.39 is 5.97 Å². The van der Waals surface area contributed by atoms with Crippen LogP contribution in [0.3, 0.4) is 0 Å². The van der Waals surface area contributed by atoms with Gasteiger partial charge in [-0.3, -0.25) is 0 Å². The van der Waals surface area contributed by atoms with Crippen molar-refractivity contribution in [3.63, 3.8) is 0 Å². The number of anilines is 4. The molecule has 0 fully saturated rings. The molecule has 3 aromatic heterocycles. The van der Waals surface area contributed by atoms with Crippen LogP contribution in [0.4, 0.5) is 23.0 Å². The van der Waals surface area contributed by atoms with Gasteiger partial charge in [-0.1, -0.05) is 0 Å². The zero-order chi connectivity index (χ0) is 41.6. The van der Waals surface area contributed by atoms with Gasteiger partial charge in [0.15, 0.2) is 0 Å². The van der Waals surface area contributed by atoms with Crippen LogP contribution in [0.25, 0.3) is 22.3 Å². The van der Waals surface area contributed by atoms with E-state index in [1.54, 1.807) is 6.20 Å². The Bertz CT molecular complexity index is 1510. The largest absolute Gasteiger partial charge is 0.459 e. The molecular weight excluding hydrogens is 480 g/mol. The average molecular weight is 563 g/mol. The zero-order valence-corrected chi connectivity index (χ0v) is 23.1. The predicted molar refractivity (Wildman–Crippen MR) is 170 cm³/mol. The fraction of sp³-hybridized carbons (Fsp3) is 0.357. The van der Waals surface area contributed by atoms with Crippen LogP contribution in [0, 0.1) is 6.92 Å². The first-order valence-corrected chi connectivity index (χ1v) is 12.6. The van der Waals surface area contributed by atoms with Gasteiger partial charge in [-0.15, -0.1) is 0 Å². The number of rotatable bonds is 9. The lowest BCUT2D eigenvalue weighted by atomic mass is 10.1. The maximum absolute atomic E-state index is 13.0. The lowest BCUT2D eigenvalue weighted by Gasteiger charge is -2.24. The standard InChI is InChI=1S/C28H36N8O2.8H2/c1-17(2)38-27(37)20-15-31-28(33-25(20)21-16-36(7)26-19(21)9-8-10-30-26)32-23-14-22(29)24(13-18(23)3)35(6)12-11-34(4)5;;;;;;;;/h8-10,13-17H,11-12,29H2,1-7H3,(H,31,32,33);8*1H/i;7*1+2T;1+2. The molecule has 0 aliphatic rings. The van der Waals surface area contributed by atoms with Gasteiger partial charge < -0.3 is 30.2 Å². The van der Waals surface area contributed by atoms with Crippen LogP contribution >= 0.6 is 0 Å². The molecule has 3 heterocycles. The minimum Gasteiger partial charge on any atom is -0.459 e. The molecule has 0 unspecified atom stereocenters. The van der Waals surface area contributed by atoms with Gasteiger partial charge in [-0.25, -0.2) is 19.7 Å². The molecule has 0 spiro atoms. The van der Waals surface area contributed by atoms with E-state index in [0.29, 0.717) is 17.3 Å². The minimum absolute atomic E-state index is 0. The SMILES string of the molecule is Cc1cc(N(C)CCN(C)C)c(N)cc1Nc1ncc(C(=O)OC(C)C)c(-c2cn(C)c3ncccc23)n1.[3HH].[3H][3H].[3H][3H].[3H][3H].[3H][3H].[3H][3H].[3H][3H].[3H][3H]. The number of aromatic nitrogens is 4. The fourth-order valence-corrected chi connectivity index (χ4v) is 4.24. The highest BCUT2D eigenvalue weighted by molar-refractivity contribution is 6.02. The molecule has 38 heavy (non-hydrogen) atoms. The van der Waals surface area contributed by atoms with Gasteiger partial charge in [0.2, 0.25) is 5.95 Å². The van der Waals surface area contributed by atoms with Crippen LogP contribution in [-0.4, -0.2) is 70.7 Å². The van der Waals surface area contributed by atoms with E-state index in [0.717, 1.165) is 46.6 Å². The Hall–Kier alpha value is -4.18. The van der Waals surface area contributed by atoms with Crippen molar-refractivity contribution in [3.05, 3.63) is 54.0 Å². The lowest BCUT2D eigenvalue weighted by Crippen LogP contribution is -2.29. The van der Waals surface area contributed by atoms with Gasteiger partial charge >= 0.3 is 5.97 Å². The van der Waals surface area contributed by atoms with Crippen molar-refractivity contribution in [2.75, 3.05) is 50.2 Å². The third-order valence-electron chi connectivity index (χ3n) is 6.25. The minimum atomic E-state index is -0.479. The molecule has 216 valence electrons. The number of esters is 1. The number of hydrogen-bond acceptors (Lipinski definition) is 9. The summed E-state index contributed by atoms with van der Waals surface area (Å²) >= 11 is 0. The number of nitrogens with one attached hydrogen (secondary N) is 1. The molecule has 0 aliphatic heterocycles. The molecule has 0 bridgehead atoms. The molecule has 1 aromatic carbocycles. The van der Waals surface area contributed by atoms with Crippen LogP contribution in [0.15, 0.2) is 42.9 Å². The maximum atomic E-state index is 13.0. The molecule has 10 heteroatoms. The van der Waals surface area contributed by atoms with Crippen molar-refractivity contribution in [1.82, 2.24) is 24.4 Å². The number of hydrogen-bond donors (Lipinski definition) is 2. The molecule has 0 saturated heterocycles. The van der Waals surface area contributed by atoms with Crippen molar-refractivity contribution in [2.24, 2.45) is 7.05 Å². The summed E-state index contributed by atoms with van der Waals surface area (Å²) < 4.78 is 77.4. The maximum Gasteiger partial charge on any atom is 0.342 e. The van der Waals surface area contributed by atoms with Crippen molar-refractivity contribution >= 4 is 40.0 Å². The van der Waals surface area contributed by atoms with Crippen LogP contribution in [-0.2, 0) is 11.8 Å². The zero-order valence-electron chi connectivity index (χ0n) is 37.1. The van der Waals surface area contributed by atoms with Crippen molar-refractivity contribution in [2.45, 2.75) is 26.9 Å². The first-order chi connectivity index (χ1) is 25.0. The van der Waals surface area contributed by atoms with Crippen molar-refractivity contribution in [1.29, 1.82) is 0 Å². The summed E-state index contributed by atoms with van der Waals surface area (Å²) in [4.78, 5) is 31.0. The van der Waals surface area contributed by atoms with Gasteiger partial charge in [0, 0.05) is 84.6 Å². The van der Waals surface area contributed by atoms with E-state index in [-0.39, 0.29) is 13.1 Å². The highest BCUT2D eigenvalue weighted by atomic mass is 16.5. The Kier molecular flexibility index (Phi) is 5.52. The number of likely N-dealkylation sites (N-methyl/N-ethyl adjacent to an activating group) is 2. The van der Waals surface area contributed by atoms with E-state index in [1.807, 2.05) is 77.9 Å². The first kappa shape index (κ1) is 19.0. The molecular formula is C28H52N8O2. The quantitative estimate of drug-likeness (QED) is 0.182. The van der Waals surface area contributed by atoms with Gasteiger partial charge in [0.1, 0.15) is 11.2 Å². The van der Waals surface area contributed by atoms with Crippen LogP contribution in [0.5, 0.6) is 0 Å². The number of ether oxygens (including phenoxy) is 1.